The monoisotopic (exact) mass is 384 g/mol. The van der Waals surface area contributed by atoms with Crippen LogP contribution in [0.1, 0.15) is 19.2 Å². The number of aryl methyl sites for hydroxylation is 1. The zero-order valence-corrected chi connectivity index (χ0v) is 17.0. The molecule has 0 aliphatic carbocycles. The van der Waals surface area contributed by atoms with Crippen molar-refractivity contribution in [1.82, 2.24) is 30.3 Å². The molecule has 0 radical (unpaired) electrons. The number of para-hydroxylation sites is 1. The molecule has 152 valence electrons. The first-order chi connectivity index (χ1) is 13.8. The zero-order valence-electron chi connectivity index (χ0n) is 17.0. The Kier molecular flexibility index (Phi) is 7.66. The molecular weight excluding hydrogens is 352 g/mol. The first kappa shape index (κ1) is 20.1. The van der Waals surface area contributed by atoms with Gasteiger partial charge in [-0.05, 0) is 32.0 Å². The van der Waals surface area contributed by atoms with Crippen molar-refractivity contribution in [2.24, 2.45) is 12.0 Å². The lowest BCUT2D eigenvalue weighted by Crippen LogP contribution is -2.47. The number of hydrogen-bond donors (Lipinski definition) is 2. The van der Waals surface area contributed by atoms with E-state index in [1.54, 1.807) is 11.0 Å². The Morgan fingerprint density at radius 2 is 1.89 bits per heavy atom. The first-order valence-corrected chi connectivity index (χ1v) is 10.1. The van der Waals surface area contributed by atoms with Crippen LogP contribution in [0.15, 0.2) is 41.7 Å². The van der Waals surface area contributed by atoms with E-state index in [1.807, 2.05) is 7.05 Å². The zero-order chi connectivity index (χ0) is 19.6. The molecule has 8 nitrogen and oxygen atoms in total. The predicted molar refractivity (Wildman–Crippen MR) is 114 cm³/mol. The van der Waals surface area contributed by atoms with Gasteiger partial charge in [0.15, 0.2) is 5.96 Å². The molecule has 0 saturated carbocycles. The standard InChI is InChI=1S/C20H32N8/c1-3-21-20(23-16-19-24-17-25-26(19)2)22-10-7-11-27-12-14-28(15-13-27)18-8-5-4-6-9-18/h4-6,8-9,17H,3,7,10-16H2,1-2H3,(H2,21,22,23). The van der Waals surface area contributed by atoms with Crippen LogP contribution in [0, 0.1) is 0 Å². The summed E-state index contributed by atoms with van der Waals surface area (Å²) in [7, 11) is 1.88. The average molecular weight is 385 g/mol. The van der Waals surface area contributed by atoms with Crippen LogP contribution in [0.3, 0.4) is 0 Å². The molecule has 1 aliphatic rings. The number of nitrogens with one attached hydrogen (secondary N) is 2. The number of rotatable bonds is 8. The van der Waals surface area contributed by atoms with Crippen molar-refractivity contribution in [3.05, 3.63) is 42.5 Å². The maximum absolute atomic E-state index is 4.60. The molecule has 0 atom stereocenters. The molecule has 3 rings (SSSR count). The Hall–Kier alpha value is -2.61. The highest BCUT2D eigenvalue weighted by Gasteiger charge is 2.16. The molecule has 0 bridgehead atoms. The number of benzene rings is 1. The number of piperazine rings is 1. The van der Waals surface area contributed by atoms with E-state index in [4.69, 9.17) is 0 Å². The van der Waals surface area contributed by atoms with Gasteiger partial charge in [0.1, 0.15) is 18.7 Å². The first-order valence-electron chi connectivity index (χ1n) is 10.1. The van der Waals surface area contributed by atoms with E-state index in [1.165, 1.54) is 5.69 Å². The third kappa shape index (κ3) is 5.95. The van der Waals surface area contributed by atoms with Gasteiger partial charge in [-0.15, -0.1) is 0 Å². The van der Waals surface area contributed by atoms with Crippen LogP contribution < -0.4 is 15.5 Å². The van der Waals surface area contributed by atoms with E-state index in [9.17, 15) is 0 Å². The number of aromatic nitrogens is 3. The molecule has 28 heavy (non-hydrogen) atoms. The van der Waals surface area contributed by atoms with Gasteiger partial charge in [-0.3, -0.25) is 9.58 Å². The fraction of sp³-hybridized carbons (Fsp3) is 0.550. The fourth-order valence-corrected chi connectivity index (χ4v) is 3.33. The number of aliphatic imine (C=N–C) groups is 1. The third-order valence-electron chi connectivity index (χ3n) is 4.97. The minimum atomic E-state index is 0.521. The van der Waals surface area contributed by atoms with Crippen molar-refractivity contribution in [2.75, 3.05) is 50.7 Å². The topological polar surface area (TPSA) is 73.6 Å². The van der Waals surface area contributed by atoms with Crippen LogP contribution >= 0.6 is 0 Å². The molecule has 8 heteroatoms. The van der Waals surface area contributed by atoms with Crippen molar-refractivity contribution in [3.63, 3.8) is 0 Å². The third-order valence-corrected chi connectivity index (χ3v) is 4.97. The summed E-state index contributed by atoms with van der Waals surface area (Å²) in [5.74, 6) is 1.69. The van der Waals surface area contributed by atoms with Crippen molar-refractivity contribution in [1.29, 1.82) is 0 Å². The lowest BCUT2D eigenvalue weighted by molar-refractivity contribution is 0.255. The van der Waals surface area contributed by atoms with Gasteiger partial charge in [-0.1, -0.05) is 18.2 Å². The molecule has 1 aliphatic heterocycles. The number of hydrogen-bond acceptors (Lipinski definition) is 5. The lowest BCUT2D eigenvalue weighted by Gasteiger charge is -2.36. The van der Waals surface area contributed by atoms with E-state index in [0.717, 1.165) is 64.0 Å². The Bertz CT molecular complexity index is 719. The van der Waals surface area contributed by atoms with Gasteiger partial charge in [0.05, 0.1) is 0 Å². The highest BCUT2D eigenvalue weighted by atomic mass is 15.3. The predicted octanol–water partition coefficient (Wildman–Crippen LogP) is 1.08. The maximum atomic E-state index is 4.60. The molecule has 1 aromatic carbocycles. The Balaban J connectivity index is 1.35. The quantitative estimate of drug-likeness (QED) is 0.403. The average Bonchev–Trinajstić information content (AvgIpc) is 3.15. The summed E-state index contributed by atoms with van der Waals surface area (Å²) in [6.07, 6.45) is 2.66. The van der Waals surface area contributed by atoms with Crippen molar-refractivity contribution in [2.45, 2.75) is 19.9 Å². The summed E-state index contributed by atoms with van der Waals surface area (Å²) in [6, 6.07) is 10.7. The summed E-state index contributed by atoms with van der Waals surface area (Å²) in [5, 5.41) is 10.8. The van der Waals surface area contributed by atoms with Gasteiger partial charge in [0.25, 0.3) is 0 Å². The summed E-state index contributed by atoms with van der Waals surface area (Å²) >= 11 is 0. The maximum Gasteiger partial charge on any atom is 0.191 e. The molecule has 1 fully saturated rings. The van der Waals surface area contributed by atoms with Crippen LogP contribution in [-0.4, -0.2) is 71.4 Å². The molecule has 0 amide bonds. The van der Waals surface area contributed by atoms with E-state index >= 15 is 0 Å². The van der Waals surface area contributed by atoms with Crippen molar-refractivity contribution in [3.8, 4) is 0 Å². The van der Waals surface area contributed by atoms with Crippen LogP contribution in [0.25, 0.3) is 0 Å². The SMILES string of the molecule is CCNC(=NCc1ncnn1C)NCCCN1CCN(c2ccccc2)CC1. The van der Waals surface area contributed by atoms with Crippen LogP contribution in [0.5, 0.6) is 0 Å². The van der Waals surface area contributed by atoms with Gasteiger partial charge < -0.3 is 15.5 Å². The Morgan fingerprint density at radius 3 is 2.57 bits per heavy atom. The van der Waals surface area contributed by atoms with E-state index in [-0.39, 0.29) is 0 Å². The second-order valence-corrected chi connectivity index (χ2v) is 6.94. The summed E-state index contributed by atoms with van der Waals surface area (Å²) in [5.41, 5.74) is 1.33. The summed E-state index contributed by atoms with van der Waals surface area (Å²) in [4.78, 5) is 13.8. The van der Waals surface area contributed by atoms with E-state index in [2.05, 4.69) is 72.8 Å². The molecule has 0 unspecified atom stereocenters. The van der Waals surface area contributed by atoms with Gasteiger partial charge in [-0.2, -0.15) is 5.10 Å². The van der Waals surface area contributed by atoms with E-state index < -0.39 is 0 Å². The second-order valence-electron chi connectivity index (χ2n) is 6.94. The lowest BCUT2D eigenvalue weighted by atomic mass is 10.2. The molecule has 0 spiro atoms. The van der Waals surface area contributed by atoms with Gasteiger partial charge in [-0.25, -0.2) is 9.98 Å². The highest BCUT2D eigenvalue weighted by molar-refractivity contribution is 5.79. The second kappa shape index (κ2) is 10.7. The minimum Gasteiger partial charge on any atom is -0.369 e. The van der Waals surface area contributed by atoms with Crippen molar-refractivity contribution < 1.29 is 0 Å². The number of nitrogens with zero attached hydrogens (tertiary/aromatic N) is 6. The van der Waals surface area contributed by atoms with Gasteiger partial charge in [0.2, 0.25) is 0 Å². The normalized spacial score (nSPS) is 15.6. The number of guanidine groups is 1. The minimum absolute atomic E-state index is 0.521. The number of anilines is 1. The van der Waals surface area contributed by atoms with Gasteiger partial charge in [0, 0.05) is 52.0 Å². The summed E-state index contributed by atoms with van der Waals surface area (Å²) in [6.45, 7) is 9.88. The van der Waals surface area contributed by atoms with Crippen LogP contribution in [0.2, 0.25) is 0 Å². The largest absolute Gasteiger partial charge is 0.369 e. The fourth-order valence-electron chi connectivity index (χ4n) is 3.33. The van der Waals surface area contributed by atoms with Gasteiger partial charge >= 0.3 is 0 Å². The highest BCUT2D eigenvalue weighted by Crippen LogP contribution is 2.15. The van der Waals surface area contributed by atoms with E-state index in [0.29, 0.717) is 6.54 Å². The Morgan fingerprint density at radius 1 is 1.11 bits per heavy atom. The Labute approximate surface area is 167 Å². The summed E-state index contributed by atoms with van der Waals surface area (Å²) < 4.78 is 1.75. The molecule has 2 N–H and O–H groups in total. The molecule has 1 aromatic heterocycles. The molecule has 1 saturated heterocycles. The molecular formula is C20H32N8. The molecule has 2 aromatic rings. The molecule has 2 heterocycles. The van der Waals surface area contributed by atoms with Crippen molar-refractivity contribution >= 4 is 11.6 Å². The smallest absolute Gasteiger partial charge is 0.191 e. The van der Waals surface area contributed by atoms with Crippen LogP contribution in [0.4, 0.5) is 5.69 Å². The van der Waals surface area contributed by atoms with Crippen LogP contribution in [-0.2, 0) is 13.6 Å².